The summed E-state index contributed by atoms with van der Waals surface area (Å²) >= 11 is 0. The first kappa shape index (κ1) is 57.9. The van der Waals surface area contributed by atoms with Gasteiger partial charge in [0, 0.05) is 12.8 Å². The van der Waals surface area contributed by atoms with Crippen molar-refractivity contribution >= 4 is 19.8 Å². The molecule has 0 saturated carbocycles. The molecule has 2 unspecified atom stereocenters. The lowest BCUT2D eigenvalue weighted by atomic mass is 10.1. The molecule has 61 heavy (non-hydrogen) atoms. The van der Waals surface area contributed by atoms with E-state index in [2.05, 4.69) is 111 Å². The molecular weight excluding hydrogens is 792 g/mol. The highest BCUT2D eigenvalue weighted by Gasteiger charge is 2.27. The fourth-order valence-electron chi connectivity index (χ4n) is 5.80. The third kappa shape index (κ3) is 43.3. The van der Waals surface area contributed by atoms with E-state index in [1.807, 2.05) is 0 Å². The molecule has 0 aromatic carbocycles. The van der Waals surface area contributed by atoms with Crippen molar-refractivity contribution in [1.82, 2.24) is 0 Å². The van der Waals surface area contributed by atoms with E-state index in [4.69, 9.17) is 18.5 Å². The van der Waals surface area contributed by atoms with Crippen molar-refractivity contribution in [2.75, 3.05) is 26.4 Å². The second-order valence-corrected chi connectivity index (χ2v) is 16.4. The molecule has 2 atom stereocenters. The monoisotopic (exact) mass is 875 g/mol. The average molecular weight is 875 g/mol. The quantitative estimate of drug-likeness (QED) is 0.0234. The smallest absolute Gasteiger partial charge is 0.457 e. The summed E-state index contributed by atoms with van der Waals surface area (Å²) in [5, 5.41) is 19.2. The van der Waals surface area contributed by atoms with Gasteiger partial charge in [-0.25, -0.2) is 4.57 Å². The molecule has 0 spiro atoms. The minimum Gasteiger partial charge on any atom is -0.457 e. The molecule has 0 fully saturated rings. The summed E-state index contributed by atoms with van der Waals surface area (Å²) in [6, 6.07) is 0. The Labute approximate surface area is 370 Å². The van der Waals surface area contributed by atoms with E-state index >= 15 is 0 Å². The van der Waals surface area contributed by atoms with E-state index in [9.17, 15) is 29.3 Å². The Morgan fingerprint density at radius 2 is 0.721 bits per heavy atom. The number of allylic oxidation sites excluding steroid dienone is 16. The van der Waals surface area contributed by atoms with Crippen LogP contribution in [0.5, 0.6) is 0 Å². The van der Waals surface area contributed by atoms with Crippen LogP contribution in [0.25, 0.3) is 0 Å². The molecule has 0 aliphatic carbocycles. The van der Waals surface area contributed by atoms with Gasteiger partial charge in [0.05, 0.1) is 26.4 Å². The fourth-order valence-corrected chi connectivity index (χ4v) is 6.59. The molecule has 0 aromatic rings. The lowest BCUT2D eigenvalue weighted by Crippen LogP contribution is -2.28. The summed E-state index contributed by atoms with van der Waals surface area (Å²) in [4.78, 5) is 34.6. The maximum atomic E-state index is 12.4. The predicted molar refractivity (Wildman–Crippen MR) is 251 cm³/mol. The lowest BCUT2D eigenvalue weighted by molar-refractivity contribution is -0.153. The molecule has 0 rings (SSSR count). The minimum atomic E-state index is -4.66. The van der Waals surface area contributed by atoms with Crippen LogP contribution in [-0.2, 0) is 32.7 Å². The molecule has 0 aromatic heterocycles. The molecule has 11 heteroatoms. The van der Waals surface area contributed by atoms with E-state index < -0.39 is 58.4 Å². The Kier molecular flexibility index (Phi) is 42.6. The van der Waals surface area contributed by atoms with Crippen LogP contribution in [0.1, 0.15) is 168 Å². The third-order valence-electron chi connectivity index (χ3n) is 9.29. The van der Waals surface area contributed by atoms with Crippen molar-refractivity contribution < 1.29 is 47.8 Å². The number of aliphatic hydroxyl groups excluding tert-OH is 2. The standard InChI is InChI=1S/C50H83O10P/c1-3-5-7-9-11-13-15-17-19-21-23-25-27-29-31-33-35-37-39-41-49(53)59-47(43-51)45-57-61(55,56)58-46-48(44-52)60-50(54)42-40-38-36-34-32-30-28-26-24-22-20-18-16-14-12-10-8-6-4-2/h5-8,11-14,17-20,23-26,47-48,51-52H,3-4,9-10,15-16,21-22,27-46H2,1-2H3,(H,55,56)/b7-5-,8-6-,13-11-,14-12-,19-17-,20-18-,25-23-,26-24-. The van der Waals surface area contributed by atoms with E-state index in [1.165, 1.54) is 0 Å². The Hall–Kier alpha value is -3.11. The van der Waals surface area contributed by atoms with Crippen molar-refractivity contribution in [3.05, 3.63) is 97.2 Å². The summed E-state index contributed by atoms with van der Waals surface area (Å²) < 4.78 is 32.6. The number of phosphoric acid groups is 1. The Bertz CT molecular complexity index is 1230. The van der Waals surface area contributed by atoms with Gasteiger partial charge >= 0.3 is 19.8 Å². The topological polar surface area (TPSA) is 149 Å². The number of aliphatic hydroxyl groups is 2. The van der Waals surface area contributed by atoms with Crippen LogP contribution in [0, 0.1) is 0 Å². The molecule has 0 bridgehead atoms. The molecule has 0 radical (unpaired) electrons. The van der Waals surface area contributed by atoms with Crippen LogP contribution in [0.4, 0.5) is 0 Å². The van der Waals surface area contributed by atoms with Gasteiger partial charge in [0.2, 0.25) is 0 Å². The maximum absolute atomic E-state index is 12.4. The molecule has 0 amide bonds. The van der Waals surface area contributed by atoms with Crippen LogP contribution >= 0.6 is 7.82 Å². The van der Waals surface area contributed by atoms with Crippen molar-refractivity contribution in [1.29, 1.82) is 0 Å². The minimum absolute atomic E-state index is 0.169. The second-order valence-electron chi connectivity index (χ2n) is 15.0. The zero-order chi connectivity index (χ0) is 44.8. The first-order valence-electron chi connectivity index (χ1n) is 23.2. The highest BCUT2D eigenvalue weighted by molar-refractivity contribution is 7.47. The Morgan fingerprint density at radius 3 is 1.03 bits per heavy atom. The van der Waals surface area contributed by atoms with Crippen LogP contribution in [0.3, 0.4) is 0 Å². The molecule has 0 saturated heterocycles. The van der Waals surface area contributed by atoms with Gasteiger partial charge in [-0.05, 0) is 89.9 Å². The summed E-state index contributed by atoms with van der Waals surface area (Å²) in [6.45, 7) is 1.94. The van der Waals surface area contributed by atoms with Gasteiger partial charge in [0.25, 0.3) is 0 Å². The van der Waals surface area contributed by atoms with Crippen LogP contribution in [-0.4, -0.2) is 65.7 Å². The molecule has 0 aliphatic rings. The predicted octanol–water partition coefficient (Wildman–Crippen LogP) is 12.8. The third-order valence-corrected chi connectivity index (χ3v) is 10.2. The summed E-state index contributed by atoms with van der Waals surface area (Å²) in [7, 11) is -4.66. The van der Waals surface area contributed by atoms with Crippen molar-refractivity contribution in [3.8, 4) is 0 Å². The van der Waals surface area contributed by atoms with Gasteiger partial charge in [-0.2, -0.15) is 0 Å². The van der Waals surface area contributed by atoms with Gasteiger partial charge in [-0.3, -0.25) is 18.6 Å². The molecule has 0 aliphatic heterocycles. The van der Waals surface area contributed by atoms with E-state index in [0.717, 1.165) is 128 Å². The van der Waals surface area contributed by atoms with E-state index in [1.54, 1.807) is 0 Å². The molecule has 10 nitrogen and oxygen atoms in total. The number of ether oxygens (including phenoxy) is 2. The number of carbonyl (C=O) groups excluding carboxylic acids is 2. The van der Waals surface area contributed by atoms with Crippen LogP contribution in [0.2, 0.25) is 0 Å². The number of unbranched alkanes of at least 4 members (excludes halogenated alkanes) is 12. The number of hydrogen-bond donors (Lipinski definition) is 3. The Morgan fingerprint density at radius 1 is 0.443 bits per heavy atom. The summed E-state index contributed by atoms with van der Waals surface area (Å²) in [5.74, 6) is -1.05. The van der Waals surface area contributed by atoms with Gasteiger partial charge in [-0.1, -0.05) is 162 Å². The number of carbonyl (C=O) groups is 2. The fraction of sp³-hybridized carbons (Fsp3) is 0.640. The highest BCUT2D eigenvalue weighted by Crippen LogP contribution is 2.43. The first-order valence-corrected chi connectivity index (χ1v) is 24.7. The zero-order valence-electron chi connectivity index (χ0n) is 37.8. The number of esters is 2. The van der Waals surface area contributed by atoms with Crippen LogP contribution in [0.15, 0.2) is 97.2 Å². The summed E-state index contributed by atoms with van der Waals surface area (Å²) in [6.07, 6.45) is 55.1. The maximum Gasteiger partial charge on any atom is 0.472 e. The zero-order valence-corrected chi connectivity index (χ0v) is 38.7. The van der Waals surface area contributed by atoms with Gasteiger partial charge in [0.15, 0.2) is 0 Å². The normalized spacial score (nSPS) is 14.6. The van der Waals surface area contributed by atoms with Crippen molar-refractivity contribution in [3.63, 3.8) is 0 Å². The van der Waals surface area contributed by atoms with Crippen molar-refractivity contribution in [2.45, 2.75) is 180 Å². The number of rotatable bonds is 42. The molecule has 0 heterocycles. The van der Waals surface area contributed by atoms with Gasteiger partial charge in [-0.15, -0.1) is 0 Å². The van der Waals surface area contributed by atoms with Gasteiger partial charge in [0.1, 0.15) is 12.2 Å². The largest absolute Gasteiger partial charge is 0.472 e. The number of hydrogen-bond acceptors (Lipinski definition) is 9. The van der Waals surface area contributed by atoms with E-state index in [-0.39, 0.29) is 12.8 Å². The lowest BCUT2D eigenvalue weighted by Gasteiger charge is -2.20. The average Bonchev–Trinajstić information content (AvgIpc) is 3.25. The second kappa shape index (κ2) is 44.9. The first-order chi connectivity index (χ1) is 29.8. The summed E-state index contributed by atoms with van der Waals surface area (Å²) in [5.41, 5.74) is 0. The van der Waals surface area contributed by atoms with E-state index in [0.29, 0.717) is 12.8 Å². The number of phosphoric ester groups is 1. The molecule has 348 valence electrons. The molecular formula is C50H83O10P. The highest BCUT2D eigenvalue weighted by atomic mass is 31.2. The van der Waals surface area contributed by atoms with Crippen LogP contribution < -0.4 is 0 Å². The molecule has 3 N–H and O–H groups in total. The van der Waals surface area contributed by atoms with Gasteiger partial charge < -0.3 is 24.6 Å². The Balaban J connectivity index is 3.96. The van der Waals surface area contributed by atoms with Crippen molar-refractivity contribution in [2.24, 2.45) is 0 Å². The SMILES string of the molecule is CC/C=C\C/C=C\C/C=C\C/C=C\CCCCCCCCC(=O)OC(CO)COP(=O)(O)OCC(CO)OC(=O)CCCCCCCC/C=C\C/C=C\C/C=C\C/C=C\CC.